The summed E-state index contributed by atoms with van der Waals surface area (Å²) in [5.41, 5.74) is 0.683. The largest absolute Gasteiger partial charge is 0.355 e. The van der Waals surface area contributed by atoms with Crippen LogP contribution in [0.2, 0.25) is 0 Å². The molecular weight excluding hydrogens is 284 g/mol. The first-order valence-corrected chi connectivity index (χ1v) is 8.27. The number of carbonyl (C=O) groups excluding carboxylic acids is 2. The van der Waals surface area contributed by atoms with Gasteiger partial charge < -0.3 is 5.32 Å². The molecule has 0 saturated carbocycles. The maximum atomic E-state index is 12.1. The van der Waals surface area contributed by atoms with Crippen LogP contribution in [-0.2, 0) is 4.79 Å². The molecule has 1 amide bonds. The molecule has 0 saturated heterocycles. The van der Waals surface area contributed by atoms with Crippen molar-refractivity contribution in [2.75, 3.05) is 32.9 Å². The number of hydrogen-bond acceptors (Lipinski definition) is 4. The Bertz CT molecular complexity index is 472. The molecular formula is C16H24N2O2S. The van der Waals surface area contributed by atoms with Crippen molar-refractivity contribution < 1.29 is 9.59 Å². The summed E-state index contributed by atoms with van der Waals surface area (Å²) in [7, 11) is 1.78. The third kappa shape index (κ3) is 6.78. The van der Waals surface area contributed by atoms with Crippen LogP contribution in [-0.4, -0.2) is 49.5 Å². The molecule has 0 bridgehead atoms. The second-order valence-corrected chi connectivity index (χ2v) is 6.40. The molecule has 0 aromatic heterocycles. The number of benzene rings is 1. The van der Waals surface area contributed by atoms with Crippen LogP contribution in [0.15, 0.2) is 29.2 Å². The van der Waals surface area contributed by atoms with E-state index in [9.17, 15) is 9.59 Å². The Labute approximate surface area is 131 Å². The van der Waals surface area contributed by atoms with E-state index in [4.69, 9.17) is 0 Å². The Morgan fingerprint density at radius 2 is 1.81 bits per heavy atom. The SMILES string of the molecule is CSc1ccc(C(=O)CN(C)CC(=O)NCC(C)C)cc1. The average Bonchev–Trinajstić information content (AvgIpc) is 2.45. The number of nitrogens with zero attached hydrogens (tertiary/aromatic N) is 1. The van der Waals surface area contributed by atoms with Gasteiger partial charge in [-0.2, -0.15) is 0 Å². The van der Waals surface area contributed by atoms with E-state index in [1.54, 1.807) is 23.7 Å². The Morgan fingerprint density at radius 1 is 1.19 bits per heavy atom. The van der Waals surface area contributed by atoms with Crippen LogP contribution in [0.3, 0.4) is 0 Å². The molecule has 1 aromatic carbocycles. The number of nitrogens with one attached hydrogen (secondary N) is 1. The van der Waals surface area contributed by atoms with E-state index < -0.39 is 0 Å². The zero-order valence-electron chi connectivity index (χ0n) is 13.2. The Balaban J connectivity index is 2.44. The summed E-state index contributed by atoms with van der Waals surface area (Å²) >= 11 is 1.64. The van der Waals surface area contributed by atoms with Crippen molar-refractivity contribution in [3.05, 3.63) is 29.8 Å². The van der Waals surface area contributed by atoms with Gasteiger partial charge >= 0.3 is 0 Å². The van der Waals surface area contributed by atoms with Crippen molar-refractivity contribution in [2.24, 2.45) is 5.92 Å². The first-order valence-electron chi connectivity index (χ1n) is 7.05. The van der Waals surface area contributed by atoms with Crippen molar-refractivity contribution in [2.45, 2.75) is 18.7 Å². The maximum absolute atomic E-state index is 12.1. The number of Topliss-reactive ketones (excluding diaryl/α,β-unsaturated/α-hetero) is 1. The lowest BCUT2D eigenvalue weighted by atomic mass is 10.1. The molecule has 0 aliphatic rings. The normalized spacial score (nSPS) is 11.0. The molecule has 0 radical (unpaired) electrons. The summed E-state index contributed by atoms with van der Waals surface area (Å²) in [6.07, 6.45) is 2.00. The van der Waals surface area contributed by atoms with Gasteiger partial charge in [-0.1, -0.05) is 26.0 Å². The first kappa shape index (κ1) is 17.7. The number of likely N-dealkylation sites (N-methyl/N-ethyl adjacent to an activating group) is 1. The summed E-state index contributed by atoms with van der Waals surface area (Å²) in [6, 6.07) is 7.54. The van der Waals surface area contributed by atoms with E-state index in [1.807, 2.05) is 44.4 Å². The minimum Gasteiger partial charge on any atom is -0.355 e. The van der Waals surface area contributed by atoms with Gasteiger partial charge in [0.25, 0.3) is 0 Å². The number of ketones is 1. The number of rotatable bonds is 8. The van der Waals surface area contributed by atoms with E-state index in [1.165, 1.54) is 0 Å². The zero-order chi connectivity index (χ0) is 15.8. The van der Waals surface area contributed by atoms with E-state index >= 15 is 0 Å². The summed E-state index contributed by atoms with van der Waals surface area (Å²) in [4.78, 5) is 26.7. The predicted molar refractivity (Wildman–Crippen MR) is 87.9 cm³/mol. The molecule has 1 rings (SSSR count). The molecule has 116 valence electrons. The highest BCUT2D eigenvalue weighted by molar-refractivity contribution is 7.98. The molecule has 4 nitrogen and oxygen atoms in total. The van der Waals surface area contributed by atoms with Crippen LogP contribution in [0, 0.1) is 5.92 Å². The van der Waals surface area contributed by atoms with Gasteiger partial charge in [0, 0.05) is 17.0 Å². The minimum absolute atomic E-state index is 0.0295. The predicted octanol–water partition coefficient (Wildman–Crippen LogP) is 2.30. The fourth-order valence-corrected chi connectivity index (χ4v) is 2.20. The third-order valence-corrected chi connectivity index (χ3v) is 3.69. The highest BCUT2D eigenvalue weighted by Crippen LogP contribution is 2.15. The minimum atomic E-state index is -0.0447. The highest BCUT2D eigenvalue weighted by atomic mass is 32.2. The van der Waals surface area contributed by atoms with Gasteiger partial charge in [0.05, 0.1) is 13.1 Å². The van der Waals surface area contributed by atoms with E-state index in [0.29, 0.717) is 18.0 Å². The number of hydrogen-bond donors (Lipinski definition) is 1. The lowest BCUT2D eigenvalue weighted by Crippen LogP contribution is -2.38. The van der Waals surface area contributed by atoms with Gasteiger partial charge in [-0.15, -0.1) is 11.8 Å². The first-order chi connectivity index (χ1) is 9.92. The van der Waals surface area contributed by atoms with Crippen molar-refractivity contribution in [1.29, 1.82) is 0 Å². The average molecular weight is 308 g/mol. The van der Waals surface area contributed by atoms with E-state index in [2.05, 4.69) is 5.32 Å². The highest BCUT2D eigenvalue weighted by Gasteiger charge is 2.12. The van der Waals surface area contributed by atoms with Gasteiger partial charge in [0.15, 0.2) is 5.78 Å². The van der Waals surface area contributed by atoms with E-state index in [-0.39, 0.29) is 24.8 Å². The Morgan fingerprint density at radius 3 is 2.33 bits per heavy atom. The quantitative estimate of drug-likeness (QED) is 0.591. The molecule has 5 heteroatoms. The van der Waals surface area contributed by atoms with Crippen LogP contribution < -0.4 is 5.32 Å². The smallest absolute Gasteiger partial charge is 0.234 e. The van der Waals surface area contributed by atoms with Crippen molar-refractivity contribution in [3.63, 3.8) is 0 Å². The van der Waals surface area contributed by atoms with Crippen LogP contribution >= 0.6 is 11.8 Å². The molecule has 0 aliphatic heterocycles. The lowest BCUT2D eigenvalue weighted by molar-refractivity contribution is -0.121. The molecule has 0 fully saturated rings. The van der Waals surface area contributed by atoms with Crippen molar-refractivity contribution in [3.8, 4) is 0 Å². The topological polar surface area (TPSA) is 49.4 Å². The maximum Gasteiger partial charge on any atom is 0.234 e. The second-order valence-electron chi connectivity index (χ2n) is 5.52. The molecule has 0 atom stereocenters. The Hall–Kier alpha value is -1.33. The zero-order valence-corrected chi connectivity index (χ0v) is 14.0. The number of carbonyl (C=O) groups is 2. The van der Waals surface area contributed by atoms with Gasteiger partial charge in [-0.05, 0) is 31.4 Å². The summed E-state index contributed by atoms with van der Waals surface area (Å²) in [5.74, 6) is 0.411. The summed E-state index contributed by atoms with van der Waals surface area (Å²) in [5, 5.41) is 2.85. The van der Waals surface area contributed by atoms with Crippen molar-refractivity contribution >= 4 is 23.5 Å². The van der Waals surface area contributed by atoms with Crippen molar-refractivity contribution in [1.82, 2.24) is 10.2 Å². The van der Waals surface area contributed by atoms with Crippen LogP contribution in [0.1, 0.15) is 24.2 Å². The second kappa shape index (κ2) is 8.85. The molecule has 0 spiro atoms. The summed E-state index contributed by atoms with van der Waals surface area (Å²) in [6.45, 7) is 5.24. The number of amides is 1. The molecule has 1 aromatic rings. The molecule has 0 heterocycles. The third-order valence-electron chi connectivity index (χ3n) is 2.95. The molecule has 1 N–H and O–H groups in total. The molecule has 21 heavy (non-hydrogen) atoms. The monoisotopic (exact) mass is 308 g/mol. The van der Waals surface area contributed by atoms with Gasteiger partial charge in [-0.3, -0.25) is 14.5 Å². The van der Waals surface area contributed by atoms with Crippen LogP contribution in [0.4, 0.5) is 0 Å². The van der Waals surface area contributed by atoms with Gasteiger partial charge in [0.1, 0.15) is 0 Å². The lowest BCUT2D eigenvalue weighted by Gasteiger charge is -2.16. The van der Waals surface area contributed by atoms with Gasteiger partial charge in [-0.25, -0.2) is 0 Å². The van der Waals surface area contributed by atoms with Crippen LogP contribution in [0.5, 0.6) is 0 Å². The number of thioether (sulfide) groups is 1. The Kier molecular flexibility index (Phi) is 7.47. The van der Waals surface area contributed by atoms with Gasteiger partial charge in [0.2, 0.25) is 5.91 Å². The van der Waals surface area contributed by atoms with Crippen LogP contribution in [0.25, 0.3) is 0 Å². The summed E-state index contributed by atoms with van der Waals surface area (Å²) < 4.78 is 0. The fourth-order valence-electron chi connectivity index (χ4n) is 1.79. The van der Waals surface area contributed by atoms with E-state index in [0.717, 1.165) is 4.90 Å². The molecule has 0 unspecified atom stereocenters. The molecule has 0 aliphatic carbocycles. The fraction of sp³-hybridized carbons (Fsp3) is 0.500. The standard InChI is InChI=1S/C16H24N2O2S/c1-12(2)9-17-16(20)11-18(3)10-15(19)13-5-7-14(21-4)8-6-13/h5-8,12H,9-11H2,1-4H3,(H,17,20).